The molecule has 2 aliphatic rings. The number of nitrogens with one attached hydrogen (secondary N) is 1. The Morgan fingerprint density at radius 1 is 1.40 bits per heavy atom. The van der Waals surface area contributed by atoms with Crippen molar-refractivity contribution in [2.45, 2.75) is 44.2 Å². The van der Waals surface area contributed by atoms with Crippen molar-refractivity contribution < 1.29 is 14.6 Å². The van der Waals surface area contributed by atoms with E-state index in [0.717, 1.165) is 38.9 Å². The van der Waals surface area contributed by atoms with Crippen LogP contribution in [0.25, 0.3) is 0 Å². The molecule has 2 N–H and O–H groups in total. The summed E-state index contributed by atoms with van der Waals surface area (Å²) in [6, 6.07) is 0.172. The van der Waals surface area contributed by atoms with Gasteiger partial charge in [0, 0.05) is 24.8 Å². The Bertz CT molecular complexity index is 248. The minimum absolute atomic E-state index is 0.0804. The summed E-state index contributed by atoms with van der Waals surface area (Å²) in [5.41, 5.74) is 0.0804. The molecule has 1 aliphatic heterocycles. The van der Waals surface area contributed by atoms with Crippen molar-refractivity contribution in [2.75, 3.05) is 13.2 Å². The van der Waals surface area contributed by atoms with Gasteiger partial charge in [0.15, 0.2) is 0 Å². The Hall–Kier alpha value is -0.610. The lowest BCUT2D eigenvalue weighted by atomic mass is 9.77. The van der Waals surface area contributed by atoms with Crippen molar-refractivity contribution in [1.29, 1.82) is 0 Å². The van der Waals surface area contributed by atoms with Crippen molar-refractivity contribution in [3.05, 3.63) is 0 Å². The lowest BCUT2D eigenvalue weighted by Crippen LogP contribution is -2.58. The molecule has 2 unspecified atom stereocenters. The molecule has 0 aromatic carbocycles. The number of carboxylic acids is 1. The number of carbonyl (C=O) groups is 1. The van der Waals surface area contributed by atoms with Crippen LogP contribution < -0.4 is 5.32 Å². The van der Waals surface area contributed by atoms with Gasteiger partial charge in [0.05, 0.1) is 5.92 Å². The van der Waals surface area contributed by atoms with E-state index in [4.69, 9.17) is 9.84 Å². The monoisotopic (exact) mass is 213 g/mol. The molecule has 86 valence electrons. The maximum absolute atomic E-state index is 10.9. The van der Waals surface area contributed by atoms with Gasteiger partial charge in [0.25, 0.3) is 0 Å². The maximum atomic E-state index is 10.9. The van der Waals surface area contributed by atoms with Crippen LogP contribution in [0.1, 0.15) is 32.6 Å². The summed E-state index contributed by atoms with van der Waals surface area (Å²) in [5, 5.41) is 12.5. The van der Waals surface area contributed by atoms with Crippen molar-refractivity contribution in [3.63, 3.8) is 0 Å². The molecule has 2 fully saturated rings. The molecule has 15 heavy (non-hydrogen) atoms. The zero-order chi connectivity index (χ0) is 10.9. The molecule has 4 nitrogen and oxygen atoms in total. The molecule has 1 aliphatic carbocycles. The smallest absolute Gasteiger partial charge is 0.308 e. The van der Waals surface area contributed by atoms with Gasteiger partial charge in [0.2, 0.25) is 0 Å². The summed E-state index contributed by atoms with van der Waals surface area (Å²) in [5.74, 6) is -0.834. The third kappa shape index (κ3) is 2.32. The second-order valence-corrected chi connectivity index (χ2v) is 4.95. The second-order valence-electron chi connectivity index (χ2n) is 4.95. The minimum atomic E-state index is -0.658. The van der Waals surface area contributed by atoms with E-state index in [9.17, 15) is 4.79 Å². The molecule has 2 atom stereocenters. The number of aliphatic carboxylic acids is 1. The molecule has 0 aromatic heterocycles. The predicted molar refractivity (Wildman–Crippen MR) is 55.7 cm³/mol. The normalized spacial score (nSPS) is 34.5. The van der Waals surface area contributed by atoms with Gasteiger partial charge in [-0.25, -0.2) is 0 Å². The van der Waals surface area contributed by atoms with Gasteiger partial charge in [-0.05, 0) is 32.6 Å². The number of carboxylic acid groups (broad SMARTS) is 1. The topological polar surface area (TPSA) is 58.6 Å². The Labute approximate surface area is 90.0 Å². The van der Waals surface area contributed by atoms with E-state index in [2.05, 4.69) is 12.2 Å². The number of ether oxygens (including phenoxy) is 1. The van der Waals surface area contributed by atoms with E-state index in [-0.39, 0.29) is 17.5 Å². The van der Waals surface area contributed by atoms with Crippen LogP contribution in [0.3, 0.4) is 0 Å². The van der Waals surface area contributed by atoms with Gasteiger partial charge < -0.3 is 15.2 Å². The van der Waals surface area contributed by atoms with Crippen LogP contribution in [0, 0.1) is 5.92 Å². The van der Waals surface area contributed by atoms with Crippen molar-refractivity contribution in [2.24, 2.45) is 5.92 Å². The van der Waals surface area contributed by atoms with E-state index in [0.29, 0.717) is 0 Å². The minimum Gasteiger partial charge on any atom is -0.481 e. The standard InChI is InChI=1S/C11H19NO3/c1-11(4-6-15-7-5-11)12-9-3-2-8(9)10(13)14/h8-9,12H,2-7H2,1H3,(H,13,14). The van der Waals surface area contributed by atoms with Gasteiger partial charge in [-0.2, -0.15) is 0 Å². The highest BCUT2D eigenvalue weighted by Crippen LogP contribution is 2.31. The Kier molecular flexibility index (Phi) is 2.98. The Balaban J connectivity index is 1.88. The summed E-state index contributed by atoms with van der Waals surface area (Å²) < 4.78 is 5.32. The molecule has 4 heteroatoms. The first-order valence-electron chi connectivity index (χ1n) is 5.69. The van der Waals surface area contributed by atoms with Crippen LogP contribution in [0.4, 0.5) is 0 Å². The fraction of sp³-hybridized carbons (Fsp3) is 0.909. The quantitative estimate of drug-likeness (QED) is 0.734. The van der Waals surface area contributed by atoms with Crippen molar-refractivity contribution in [1.82, 2.24) is 5.32 Å². The fourth-order valence-electron chi connectivity index (χ4n) is 2.38. The summed E-state index contributed by atoms with van der Waals surface area (Å²) in [7, 11) is 0. The molecule has 0 bridgehead atoms. The Morgan fingerprint density at radius 2 is 2.07 bits per heavy atom. The molecule has 1 saturated heterocycles. The SMILES string of the molecule is CC1(NC2CCC2C(=O)O)CCOCC1. The first-order chi connectivity index (χ1) is 7.11. The summed E-state index contributed by atoms with van der Waals surface area (Å²) in [4.78, 5) is 10.9. The first-order valence-corrected chi connectivity index (χ1v) is 5.69. The summed E-state index contributed by atoms with van der Waals surface area (Å²) >= 11 is 0. The molecule has 0 aromatic rings. The highest BCUT2D eigenvalue weighted by molar-refractivity contribution is 5.72. The van der Waals surface area contributed by atoms with Crippen LogP contribution in [0.5, 0.6) is 0 Å². The largest absolute Gasteiger partial charge is 0.481 e. The molecule has 2 rings (SSSR count). The third-order valence-corrected chi connectivity index (χ3v) is 3.72. The van der Waals surface area contributed by atoms with E-state index in [1.807, 2.05) is 0 Å². The highest BCUT2D eigenvalue weighted by Gasteiger charge is 2.40. The molecule has 1 heterocycles. The average Bonchev–Trinajstić information content (AvgIpc) is 2.13. The van der Waals surface area contributed by atoms with E-state index in [1.165, 1.54) is 0 Å². The van der Waals surface area contributed by atoms with Gasteiger partial charge in [-0.15, -0.1) is 0 Å². The maximum Gasteiger partial charge on any atom is 0.308 e. The van der Waals surface area contributed by atoms with Crippen molar-refractivity contribution >= 4 is 5.97 Å². The lowest BCUT2D eigenvalue weighted by Gasteiger charge is -2.43. The second kappa shape index (κ2) is 4.10. The van der Waals surface area contributed by atoms with Crippen molar-refractivity contribution in [3.8, 4) is 0 Å². The predicted octanol–water partition coefficient (Wildman–Crippen LogP) is 1.01. The fourth-order valence-corrected chi connectivity index (χ4v) is 2.38. The van der Waals surface area contributed by atoms with Gasteiger partial charge in [-0.1, -0.05) is 0 Å². The zero-order valence-electron chi connectivity index (χ0n) is 9.16. The van der Waals surface area contributed by atoms with Crippen LogP contribution in [0.2, 0.25) is 0 Å². The third-order valence-electron chi connectivity index (χ3n) is 3.72. The van der Waals surface area contributed by atoms with Crippen LogP contribution >= 0.6 is 0 Å². The molecule has 0 radical (unpaired) electrons. The highest BCUT2D eigenvalue weighted by atomic mass is 16.5. The van der Waals surface area contributed by atoms with E-state index in [1.54, 1.807) is 0 Å². The summed E-state index contributed by atoms with van der Waals surface area (Å²) in [6.45, 7) is 3.74. The first kappa shape index (κ1) is 10.9. The molecule has 0 spiro atoms. The number of hydrogen-bond donors (Lipinski definition) is 2. The van der Waals surface area contributed by atoms with Gasteiger partial charge >= 0.3 is 5.97 Å². The van der Waals surface area contributed by atoms with E-state index >= 15 is 0 Å². The van der Waals surface area contributed by atoms with Crippen LogP contribution in [-0.2, 0) is 9.53 Å². The van der Waals surface area contributed by atoms with Gasteiger partial charge in [-0.3, -0.25) is 4.79 Å². The van der Waals surface area contributed by atoms with Crippen LogP contribution in [-0.4, -0.2) is 35.9 Å². The molecule has 0 amide bonds. The molecule has 1 saturated carbocycles. The number of hydrogen-bond acceptors (Lipinski definition) is 3. The van der Waals surface area contributed by atoms with E-state index < -0.39 is 5.97 Å². The summed E-state index contributed by atoms with van der Waals surface area (Å²) in [6.07, 6.45) is 3.78. The number of rotatable bonds is 3. The Morgan fingerprint density at radius 3 is 2.53 bits per heavy atom. The molecular formula is C11H19NO3. The zero-order valence-corrected chi connectivity index (χ0v) is 9.16. The lowest BCUT2D eigenvalue weighted by molar-refractivity contribution is -0.146. The average molecular weight is 213 g/mol. The molecular weight excluding hydrogens is 194 g/mol. The van der Waals surface area contributed by atoms with Crippen LogP contribution in [0.15, 0.2) is 0 Å². The van der Waals surface area contributed by atoms with Gasteiger partial charge in [0.1, 0.15) is 0 Å².